The van der Waals surface area contributed by atoms with E-state index >= 15 is 0 Å². The predicted molar refractivity (Wildman–Crippen MR) is 124 cm³/mol. The first-order valence-corrected chi connectivity index (χ1v) is 11.1. The average molecular weight is 433 g/mol. The second-order valence-corrected chi connectivity index (χ2v) is 8.21. The highest BCUT2D eigenvalue weighted by molar-refractivity contribution is 7.09. The van der Waals surface area contributed by atoms with Gasteiger partial charge in [0.2, 0.25) is 5.91 Å². The number of aryl methyl sites for hydroxylation is 2. The van der Waals surface area contributed by atoms with Crippen molar-refractivity contribution in [2.45, 2.75) is 26.4 Å². The van der Waals surface area contributed by atoms with Crippen molar-refractivity contribution in [3.8, 4) is 5.75 Å². The van der Waals surface area contributed by atoms with Crippen molar-refractivity contribution < 1.29 is 9.53 Å². The van der Waals surface area contributed by atoms with Gasteiger partial charge in [-0.15, -0.1) is 11.3 Å². The number of benzene rings is 2. The number of amides is 1. The molecular formula is C24H24N4O2S. The largest absolute Gasteiger partial charge is 0.487 e. The van der Waals surface area contributed by atoms with Crippen molar-refractivity contribution in [2.75, 3.05) is 6.54 Å². The summed E-state index contributed by atoms with van der Waals surface area (Å²) in [4.78, 5) is 24.3. The monoisotopic (exact) mass is 432 g/mol. The number of thiazole rings is 1. The molecule has 2 aromatic heterocycles. The average Bonchev–Trinajstić information content (AvgIpc) is 3.40. The normalized spacial score (nSPS) is 11.3. The molecule has 2 N–H and O–H groups in total. The minimum Gasteiger partial charge on any atom is -0.487 e. The number of hydrogen-bond acceptors (Lipinski definition) is 5. The molecule has 0 atom stereocenters. The van der Waals surface area contributed by atoms with Crippen LogP contribution >= 0.6 is 11.3 Å². The van der Waals surface area contributed by atoms with E-state index < -0.39 is 0 Å². The van der Waals surface area contributed by atoms with Crippen LogP contribution in [0.5, 0.6) is 5.75 Å². The Morgan fingerprint density at radius 1 is 1.16 bits per heavy atom. The molecule has 0 saturated carbocycles. The Morgan fingerprint density at radius 2 is 2.00 bits per heavy atom. The minimum atomic E-state index is -0.108. The molecular weight excluding hydrogens is 408 g/mol. The highest BCUT2D eigenvalue weighted by atomic mass is 32.1. The molecule has 7 heteroatoms. The lowest BCUT2D eigenvalue weighted by Crippen LogP contribution is -2.22. The second kappa shape index (κ2) is 10.0. The van der Waals surface area contributed by atoms with Gasteiger partial charge in [-0.25, -0.2) is 9.97 Å². The van der Waals surface area contributed by atoms with E-state index in [4.69, 9.17) is 4.74 Å². The van der Waals surface area contributed by atoms with Crippen LogP contribution in [0.15, 0.2) is 60.0 Å². The number of para-hydroxylation sites is 2. The third kappa shape index (κ3) is 6.02. The number of aromatic nitrogens is 3. The van der Waals surface area contributed by atoms with Gasteiger partial charge < -0.3 is 15.0 Å². The smallest absolute Gasteiger partial charge is 0.243 e. The molecule has 0 aliphatic heterocycles. The Kier molecular flexibility index (Phi) is 6.74. The Bertz CT molecular complexity index is 1140. The lowest BCUT2D eigenvalue weighted by atomic mass is 10.2. The molecule has 0 saturated heterocycles. The summed E-state index contributed by atoms with van der Waals surface area (Å²) in [5.74, 6) is 1.61. The SMILES string of the molecule is Cc1nc(COc2ccc(/C=C/C(=O)NCCCc3nc4ccccc4[nH]3)cc2)cs1. The first-order chi connectivity index (χ1) is 15.2. The summed E-state index contributed by atoms with van der Waals surface area (Å²) >= 11 is 1.61. The van der Waals surface area contributed by atoms with Crippen molar-refractivity contribution in [1.29, 1.82) is 0 Å². The topological polar surface area (TPSA) is 79.9 Å². The van der Waals surface area contributed by atoms with Gasteiger partial charge >= 0.3 is 0 Å². The highest BCUT2D eigenvalue weighted by Crippen LogP contribution is 2.16. The molecule has 0 radical (unpaired) electrons. The lowest BCUT2D eigenvalue weighted by molar-refractivity contribution is -0.116. The van der Waals surface area contributed by atoms with Crippen molar-refractivity contribution >= 4 is 34.4 Å². The molecule has 0 bridgehead atoms. The summed E-state index contributed by atoms with van der Waals surface area (Å²) in [7, 11) is 0. The quantitative estimate of drug-likeness (QED) is 0.298. The summed E-state index contributed by atoms with van der Waals surface area (Å²) in [5.41, 5.74) is 3.89. The first kappa shape index (κ1) is 20.8. The number of ether oxygens (including phenoxy) is 1. The van der Waals surface area contributed by atoms with Crippen molar-refractivity contribution in [3.05, 3.63) is 82.1 Å². The van der Waals surface area contributed by atoms with E-state index in [9.17, 15) is 4.79 Å². The molecule has 6 nitrogen and oxygen atoms in total. The number of aromatic amines is 1. The maximum atomic E-state index is 12.0. The van der Waals surface area contributed by atoms with E-state index in [1.165, 1.54) is 0 Å². The molecule has 4 aromatic rings. The zero-order valence-electron chi connectivity index (χ0n) is 17.3. The molecule has 0 aliphatic rings. The van der Waals surface area contributed by atoms with E-state index in [-0.39, 0.29) is 5.91 Å². The standard InChI is InChI=1S/C24H24N4O2S/c1-17-26-19(16-31-17)15-30-20-11-8-18(9-12-20)10-13-24(29)25-14-4-7-23-27-21-5-2-3-6-22(21)28-23/h2-3,5-6,8-13,16H,4,7,14-15H2,1H3,(H,25,29)(H,27,28)/b13-10+. The zero-order chi connectivity index (χ0) is 21.5. The number of carbonyl (C=O) groups is 1. The van der Waals surface area contributed by atoms with Crippen molar-refractivity contribution in [1.82, 2.24) is 20.3 Å². The van der Waals surface area contributed by atoms with E-state index in [1.807, 2.05) is 60.8 Å². The van der Waals surface area contributed by atoms with Crippen molar-refractivity contribution in [3.63, 3.8) is 0 Å². The molecule has 158 valence electrons. The fourth-order valence-electron chi connectivity index (χ4n) is 3.13. The van der Waals surface area contributed by atoms with Crippen molar-refractivity contribution in [2.24, 2.45) is 0 Å². The van der Waals surface area contributed by atoms with Crippen LogP contribution in [0.2, 0.25) is 0 Å². The van der Waals surface area contributed by atoms with Gasteiger partial charge in [0.25, 0.3) is 0 Å². The summed E-state index contributed by atoms with van der Waals surface area (Å²) in [5, 5.41) is 5.95. The number of rotatable bonds is 9. The van der Waals surface area contributed by atoms with Crippen LogP contribution < -0.4 is 10.1 Å². The Hall–Kier alpha value is -3.45. The summed E-state index contributed by atoms with van der Waals surface area (Å²) in [6.07, 6.45) is 4.96. The predicted octanol–water partition coefficient (Wildman–Crippen LogP) is 4.67. The molecule has 31 heavy (non-hydrogen) atoms. The number of nitrogens with one attached hydrogen (secondary N) is 2. The second-order valence-electron chi connectivity index (χ2n) is 7.14. The van der Waals surface area contributed by atoms with E-state index in [1.54, 1.807) is 23.5 Å². The van der Waals surface area contributed by atoms with Gasteiger partial charge in [0, 0.05) is 24.4 Å². The number of fused-ring (bicyclic) bond motifs is 1. The van der Waals surface area contributed by atoms with Gasteiger partial charge in [0.15, 0.2) is 0 Å². The lowest BCUT2D eigenvalue weighted by Gasteiger charge is -2.04. The number of H-pyrrole nitrogens is 1. The van der Waals surface area contributed by atoms with Gasteiger partial charge in [-0.2, -0.15) is 0 Å². The molecule has 4 rings (SSSR count). The van der Waals surface area contributed by atoms with Crippen LogP contribution in [0.4, 0.5) is 0 Å². The van der Waals surface area contributed by atoms with Crippen LogP contribution in [-0.4, -0.2) is 27.4 Å². The summed E-state index contributed by atoms with van der Waals surface area (Å²) < 4.78 is 5.74. The van der Waals surface area contributed by atoms with Crippen LogP contribution in [0, 0.1) is 6.92 Å². The Morgan fingerprint density at radius 3 is 2.77 bits per heavy atom. The van der Waals surface area contributed by atoms with Crippen LogP contribution in [0.3, 0.4) is 0 Å². The third-order valence-electron chi connectivity index (χ3n) is 4.69. The summed E-state index contributed by atoms with van der Waals surface area (Å²) in [6, 6.07) is 15.6. The van der Waals surface area contributed by atoms with Crippen LogP contribution in [-0.2, 0) is 17.8 Å². The number of imidazole rings is 1. The van der Waals surface area contributed by atoms with Gasteiger partial charge in [0.05, 0.1) is 21.7 Å². The van der Waals surface area contributed by atoms with Gasteiger partial charge in [-0.05, 0) is 49.2 Å². The van der Waals surface area contributed by atoms with Crippen LogP contribution in [0.25, 0.3) is 17.1 Å². The van der Waals surface area contributed by atoms with Gasteiger partial charge in [-0.1, -0.05) is 24.3 Å². The molecule has 0 fully saturated rings. The molecule has 0 spiro atoms. The molecule has 0 aliphatic carbocycles. The number of hydrogen-bond donors (Lipinski definition) is 2. The molecule has 1 amide bonds. The van der Waals surface area contributed by atoms with Gasteiger partial charge in [-0.3, -0.25) is 4.79 Å². The van der Waals surface area contributed by atoms with Crippen LogP contribution in [0.1, 0.15) is 28.5 Å². The Balaban J connectivity index is 1.18. The fourth-order valence-corrected chi connectivity index (χ4v) is 3.73. The number of carbonyl (C=O) groups excluding carboxylic acids is 1. The highest BCUT2D eigenvalue weighted by Gasteiger charge is 2.03. The fraction of sp³-hybridized carbons (Fsp3) is 0.208. The molecule has 2 aromatic carbocycles. The zero-order valence-corrected chi connectivity index (χ0v) is 18.1. The molecule has 0 unspecified atom stereocenters. The minimum absolute atomic E-state index is 0.108. The maximum Gasteiger partial charge on any atom is 0.243 e. The Labute approximate surface area is 185 Å². The van der Waals surface area contributed by atoms with E-state index in [2.05, 4.69) is 20.3 Å². The van der Waals surface area contributed by atoms with E-state index in [0.717, 1.165) is 51.7 Å². The maximum absolute atomic E-state index is 12.0. The van der Waals surface area contributed by atoms with Gasteiger partial charge in [0.1, 0.15) is 18.2 Å². The first-order valence-electron chi connectivity index (χ1n) is 10.2. The number of nitrogens with zero attached hydrogens (tertiary/aromatic N) is 2. The summed E-state index contributed by atoms with van der Waals surface area (Å²) in [6.45, 7) is 3.03. The van der Waals surface area contributed by atoms with E-state index in [0.29, 0.717) is 13.2 Å². The molecule has 2 heterocycles. The third-order valence-corrected chi connectivity index (χ3v) is 5.51.